The van der Waals surface area contributed by atoms with Crippen molar-refractivity contribution in [2.45, 2.75) is 37.6 Å². The number of esters is 3. The summed E-state index contributed by atoms with van der Waals surface area (Å²) < 4.78 is 29.8. The summed E-state index contributed by atoms with van der Waals surface area (Å²) in [6, 6.07) is 30.6. The summed E-state index contributed by atoms with van der Waals surface area (Å²) in [5.41, 5.74) is 0.750. The van der Waals surface area contributed by atoms with E-state index in [0.717, 1.165) is 0 Å². The van der Waals surface area contributed by atoms with Crippen LogP contribution < -0.4 is 4.74 Å². The Balaban J connectivity index is 1.57. The summed E-state index contributed by atoms with van der Waals surface area (Å²) in [6.07, 6.45) is -7.34. The van der Waals surface area contributed by atoms with Gasteiger partial charge in [0.2, 0.25) is 12.4 Å². The van der Waals surface area contributed by atoms with E-state index < -0.39 is 55.2 Å². The molecule has 4 aromatic carbocycles. The van der Waals surface area contributed by atoms with Gasteiger partial charge >= 0.3 is 17.9 Å². The molecule has 0 unspecified atom stereocenters. The van der Waals surface area contributed by atoms with Gasteiger partial charge in [0.05, 0.1) is 28.9 Å². The largest absolute Gasteiger partial charge is 0.460 e. The smallest absolute Gasteiger partial charge is 0.338 e. The van der Waals surface area contributed by atoms with Crippen molar-refractivity contribution in [2.24, 2.45) is 0 Å². The maximum Gasteiger partial charge on any atom is 0.338 e. The molecule has 0 amide bonds. The molecule has 0 bridgehead atoms. The van der Waals surface area contributed by atoms with E-state index in [4.69, 9.17) is 23.7 Å². The van der Waals surface area contributed by atoms with E-state index in [2.05, 4.69) is 0 Å². The van der Waals surface area contributed by atoms with Gasteiger partial charge in [0.15, 0.2) is 18.0 Å². The van der Waals surface area contributed by atoms with E-state index in [0.29, 0.717) is 0 Å². The third-order valence-corrected chi connectivity index (χ3v) is 7.04. The third-order valence-electron chi connectivity index (χ3n) is 7.04. The summed E-state index contributed by atoms with van der Waals surface area (Å²) in [5.74, 6) is -2.63. The number of ketones is 1. The first-order chi connectivity index (χ1) is 21.9. The number of carbonyl (C=O) groups excluding carboxylic acids is 4. The minimum atomic E-state index is -1.54. The summed E-state index contributed by atoms with van der Waals surface area (Å²) in [5, 5.41) is 10.4. The van der Waals surface area contributed by atoms with Crippen LogP contribution in [-0.2, 0) is 18.9 Å². The van der Waals surface area contributed by atoms with Crippen molar-refractivity contribution in [1.29, 1.82) is 0 Å². The van der Waals surface area contributed by atoms with Gasteiger partial charge in [-0.05, 0) is 55.5 Å². The Morgan fingerprint density at radius 2 is 1.02 bits per heavy atom. The second kappa shape index (κ2) is 14.4. The number of benzene rings is 4. The first-order valence-corrected chi connectivity index (χ1v) is 14.2. The molecule has 10 heteroatoms. The van der Waals surface area contributed by atoms with Gasteiger partial charge in [-0.2, -0.15) is 0 Å². The predicted octanol–water partition coefficient (Wildman–Crippen LogP) is 4.66. The molecule has 0 aliphatic carbocycles. The molecule has 1 heterocycles. The van der Waals surface area contributed by atoms with E-state index in [1.807, 2.05) is 0 Å². The topological polar surface area (TPSA) is 135 Å². The Labute approximate surface area is 259 Å². The zero-order chi connectivity index (χ0) is 31.8. The molecule has 1 saturated heterocycles. The summed E-state index contributed by atoms with van der Waals surface area (Å²) in [6.45, 7) is 0.663. The first-order valence-electron chi connectivity index (χ1n) is 14.2. The van der Waals surface area contributed by atoms with Gasteiger partial charge < -0.3 is 28.8 Å². The zero-order valence-electron chi connectivity index (χ0n) is 24.2. The summed E-state index contributed by atoms with van der Waals surface area (Å²) in [7, 11) is 0. The van der Waals surface area contributed by atoms with Crippen LogP contribution in [0.5, 0.6) is 5.75 Å². The Bertz CT molecular complexity index is 1620. The Hall–Kier alpha value is -5.32. The average molecular weight is 611 g/mol. The maximum atomic E-state index is 13.4. The number of hydrogen-bond donors (Lipinski definition) is 1. The quantitative estimate of drug-likeness (QED) is 0.153. The van der Waals surface area contributed by atoms with Crippen LogP contribution in [0.3, 0.4) is 0 Å². The molecule has 1 fully saturated rings. The molecule has 1 aliphatic heterocycles. The van der Waals surface area contributed by atoms with Gasteiger partial charge in [0, 0.05) is 0 Å². The van der Waals surface area contributed by atoms with Crippen molar-refractivity contribution >= 4 is 23.7 Å². The van der Waals surface area contributed by atoms with Crippen LogP contribution in [0.2, 0.25) is 0 Å². The van der Waals surface area contributed by atoms with Gasteiger partial charge in [0.25, 0.3) is 0 Å². The molecular weight excluding hydrogens is 580 g/mol. The molecule has 4 aromatic rings. The molecule has 0 aromatic heterocycles. The molecule has 5 rings (SSSR count). The molecule has 0 radical (unpaired) electrons. The first kappa shape index (κ1) is 31.1. The van der Waals surface area contributed by atoms with Crippen molar-refractivity contribution in [1.82, 2.24) is 0 Å². The number of hydrogen-bond acceptors (Lipinski definition) is 10. The predicted molar refractivity (Wildman–Crippen MR) is 160 cm³/mol. The van der Waals surface area contributed by atoms with E-state index in [1.54, 1.807) is 72.8 Å². The minimum absolute atomic E-state index is 0.0975. The van der Waals surface area contributed by atoms with Crippen molar-refractivity contribution < 1.29 is 48.0 Å². The van der Waals surface area contributed by atoms with Crippen LogP contribution in [0.25, 0.3) is 0 Å². The number of Topliss-reactive ketones (excluding diaryl/α,β-unsaturated/α-hetero) is 1. The number of carbonyl (C=O) groups is 4. The molecule has 1 N–H and O–H groups in total. The average Bonchev–Trinajstić information content (AvgIpc) is 3.08. The third kappa shape index (κ3) is 7.43. The lowest BCUT2D eigenvalue weighted by Gasteiger charge is -2.44. The molecule has 0 spiro atoms. The number of ether oxygens (including phenoxy) is 5. The fourth-order valence-corrected chi connectivity index (χ4v) is 4.81. The van der Waals surface area contributed by atoms with Crippen LogP contribution in [0.15, 0.2) is 115 Å². The second-order valence-corrected chi connectivity index (χ2v) is 10.1. The zero-order valence-corrected chi connectivity index (χ0v) is 24.2. The fourth-order valence-electron chi connectivity index (χ4n) is 4.81. The van der Waals surface area contributed by atoms with Crippen molar-refractivity contribution in [3.63, 3.8) is 0 Å². The Morgan fingerprint density at radius 3 is 1.49 bits per heavy atom. The molecule has 45 heavy (non-hydrogen) atoms. The minimum Gasteiger partial charge on any atom is -0.460 e. The van der Waals surface area contributed by atoms with Crippen LogP contribution in [0.1, 0.15) is 48.4 Å². The van der Waals surface area contributed by atoms with E-state index >= 15 is 0 Å². The van der Waals surface area contributed by atoms with Crippen LogP contribution in [0, 0.1) is 0 Å². The highest BCUT2D eigenvalue weighted by atomic mass is 16.7. The normalized spacial score (nSPS) is 20.8. The lowest BCUT2D eigenvalue weighted by atomic mass is 9.97. The number of aliphatic hydroxyl groups excluding tert-OH is 1. The van der Waals surface area contributed by atoms with Crippen LogP contribution in [0.4, 0.5) is 0 Å². The fraction of sp³-hybridized carbons (Fsp3) is 0.200. The second-order valence-electron chi connectivity index (χ2n) is 10.1. The van der Waals surface area contributed by atoms with Crippen molar-refractivity contribution in [3.8, 4) is 5.75 Å². The van der Waals surface area contributed by atoms with Crippen LogP contribution in [-0.4, -0.2) is 66.1 Å². The van der Waals surface area contributed by atoms with Gasteiger partial charge in [-0.1, -0.05) is 66.7 Å². The highest BCUT2D eigenvalue weighted by Gasteiger charge is 2.53. The standard InChI is InChI=1S/C35H30O10/c1-22(37)26-19-11-12-20-27(26)41-35-31(45-34(40)25-17-9-4-10-18-25)30(44-33(39)24-15-7-3-8-16-24)29(28(21-36)42-35)43-32(38)23-13-5-2-6-14-23/h2-20,28-31,35-36H,21H2,1H3/t28-,29-,30+,31-,35-/m1/s1. The van der Waals surface area contributed by atoms with Gasteiger partial charge in [-0.3, -0.25) is 4.79 Å². The summed E-state index contributed by atoms with van der Waals surface area (Å²) >= 11 is 0. The van der Waals surface area contributed by atoms with E-state index in [9.17, 15) is 24.3 Å². The van der Waals surface area contributed by atoms with Crippen molar-refractivity contribution in [2.75, 3.05) is 6.61 Å². The lowest BCUT2D eigenvalue weighted by Crippen LogP contribution is -2.63. The van der Waals surface area contributed by atoms with Gasteiger partial charge in [-0.15, -0.1) is 0 Å². The number of aliphatic hydroxyl groups is 1. The molecule has 1 aliphatic rings. The summed E-state index contributed by atoms with van der Waals surface area (Å²) in [4.78, 5) is 52.4. The Kier molecular flexibility index (Phi) is 9.98. The Morgan fingerprint density at radius 1 is 0.600 bits per heavy atom. The maximum absolute atomic E-state index is 13.4. The highest BCUT2D eigenvalue weighted by Crippen LogP contribution is 2.33. The molecule has 5 atom stereocenters. The molecule has 10 nitrogen and oxygen atoms in total. The lowest BCUT2D eigenvalue weighted by molar-refractivity contribution is -0.275. The molecular formula is C35H30O10. The van der Waals surface area contributed by atoms with Crippen molar-refractivity contribution in [3.05, 3.63) is 138 Å². The number of para-hydroxylation sites is 1. The number of rotatable bonds is 10. The highest BCUT2D eigenvalue weighted by molar-refractivity contribution is 5.96. The van der Waals surface area contributed by atoms with Crippen LogP contribution >= 0.6 is 0 Å². The van der Waals surface area contributed by atoms with E-state index in [-0.39, 0.29) is 33.8 Å². The molecule has 0 saturated carbocycles. The molecule has 230 valence electrons. The monoisotopic (exact) mass is 610 g/mol. The van der Waals surface area contributed by atoms with Gasteiger partial charge in [-0.25, -0.2) is 14.4 Å². The SMILES string of the molecule is CC(=O)c1ccccc1O[C@@H]1O[C@H](CO)[C@@H](OC(=O)c2ccccc2)[C@H](OC(=O)c2ccccc2)[C@H]1OC(=O)c1ccccc1. The van der Waals surface area contributed by atoms with Gasteiger partial charge in [0.1, 0.15) is 11.9 Å². The van der Waals surface area contributed by atoms with E-state index in [1.165, 1.54) is 49.4 Å².